The number of hydrogen-bond donors (Lipinski definition) is 1. The zero-order valence-electron chi connectivity index (χ0n) is 34.0. The minimum Gasteiger partial charge on any atom is -0.508 e. The molecule has 0 bridgehead atoms. The van der Waals surface area contributed by atoms with Gasteiger partial charge in [0.15, 0.2) is 11.6 Å². The summed E-state index contributed by atoms with van der Waals surface area (Å²) in [7, 11) is 3.14. The van der Waals surface area contributed by atoms with Crippen LogP contribution in [0, 0.1) is 23.7 Å². The Morgan fingerprint density at radius 3 is 2.14 bits per heavy atom. The third-order valence-electron chi connectivity index (χ3n) is 13.0. The number of hydrogen-bond acceptors (Lipinski definition) is 8. The van der Waals surface area contributed by atoms with Crippen molar-refractivity contribution >= 4 is 46.8 Å². The Hall–Kier alpha value is -7.21. The molecule has 5 aromatic carbocycles. The van der Waals surface area contributed by atoms with Crippen molar-refractivity contribution in [1.29, 1.82) is 0 Å². The molecule has 1 aliphatic heterocycles. The summed E-state index contributed by atoms with van der Waals surface area (Å²) >= 11 is 0. The average molecular weight is 852 g/mol. The second kappa shape index (κ2) is 15.9. The van der Waals surface area contributed by atoms with Crippen LogP contribution in [0.2, 0.25) is 0 Å². The fourth-order valence-electron chi connectivity index (χ4n) is 10.3. The van der Waals surface area contributed by atoms with Gasteiger partial charge in [-0.25, -0.2) is 0 Å². The van der Waals surface area contributed by atoms with Gasteiger partial charge in [-0.3, -0.25) is 24.1 Å². The molecule has 0 aromatic heterocycles. The van der Waals surface area contributed by atoms with Crippen molar-refractivity contribution < 1.29 is 51.7 Å². The molecule has 3 aliphatic carbocycles. The topological polar surface area (TPSA) is 119 Å². The summed E-state index contributed by atoms with van der Waals surface area (Å²) in [5.41, 5.74) is 1.59. The number of rotatable bonds is 9. The number of halogens is 3. The Kier molecular flexibility index (Phi) is 10.4. The molecule has 1 N–H and O–H groups in total. The highest BCUT2D eigenvalue weighted by molar-refractivity contribution is 6.32. The maximum Gasteiger partial charge on any atom is 0.573 e. The van der Waals surface area contributed by atoms with Crippen LogP contribution in [0.25, 0.3) is 17.7 Å². The van der Waals surface area contributed by atoms with Crippen LogP contribution in [0.1, 0.15) is 46.6 Å². The standard InChI is InChI=1S/C51H40F3NO8/c1-61-34-20-24-43(62-2)31(25-34)16-13-29-14-17-33(18-15-29)55-48(59)37-22-21-36-39(45(37)49(55)60)27-41-47(58)38(30-9-5-3-6-10-30)28-44(57)50(41,32-11-7-4-8-12-32)46(36)40-26-35(19-23-42(40)56)63-51(52,53)54/h3-21,23-26,28,37,39,41,45-46,56H,22,27H2,1-2H3. The zero-order valence-corrected chi connectivity index (χ0v) is 34.0. The van der Waals surface area contributed by atoms with Gasteiger partial charge in [0.2, 0.25) is 11.8 Å². The molecule has 63 heavy (non-hydrogen) atoms. The maximum atomic E-state index is 15.3. The van der Waals surface area contributed by atoms with Crippen LogP contribution in [-0.2, 0) is 24.6 Å². The largest absolute Gasteiger partial charge is 0.573 e. The van der Waals surface area contributed by atoms with E-state index in [1.54, 1.807) is 117 Å². The quantitative estimate of drug-likeness (QED) is 0.0886. The van der Waals surface area contributed by atoms with Gasteiger partial charge >= 0.3 is 6.36 Å². The number of amides is 2. The number of carbonyl (C=O) groups is 4. The molecule has 9 nitrogen and oxygen atoms in total. The Morgan fingerprint density at radius 2 is 1.46 bits per heavy atom. The first-order chi connectivity index (χ1) is 30.3. The molecular weight excluding hydrogens is 812 g/mol. The number of ketones is 2. The van der Waals surface area contributed by atoms with Gasteiger partial charge in [-0.05, 0) is 90.1 Å². The van der Waals surface area contributed by atoms with E-state index in [1.807, 2.05) is 18.2 Å². The predicted octanol–water partition coefficient (Wildman–Crippen LogP) is 9.51. The van der Waals surface area contributed by atoms with Gasteiger partial charge in [-0.15, -0.1) is 13.2 Å². The first kappa shape index (κ1) is 41.2. The normalized spacial score (nSPS) is 24.3. The smallest absolute Gasteiger partial charge is 0.508 e. The number of anilines is 1. The van der Waals surface area contributed by atoms with E-state index in [2.05, 4.69) is 4.74 Å². The molecule has 1 saturated heterocycles. The van der Waals surface area contributed by atoms with Gasteiger partial charge in [-0.1, -0.05) is 96.6 Å². The molecule has 12 heteroatoms. The summed E-state index contributed by atoms with van der Waals surface area (Å²) in [5.74, 6) is -6.65. The van der Waals surface area contributed by atoms with Crippen LogP contribution in [0.5, 0.6) is 23.0 Å². The lowest BCUT2D eigenvalue weighted by atomic mass is 9.44. The van der Waals surface area contributed by atoms with Gasteiger partial charge in [0, 0.05) is 28.5 Å². The highest BCUT2D eigenvalue weighted by Gasteiger charge is 2.66. The molecule has 1 saturated carbocycles. The van der Waals surface area contributed by atoms with Crippen molar-refractivity contribution in [3.63, 3.8) is 0 Å². The average Bonchev–Trinajstić information content (AvgIpc) is 3.55. The number of allylic oxidation sites excluding steroid dienone is 4. The molecule has 5 aromatic rings. The number of methoxy groups -OCH3 is 2. The maximum absolute atomic E-state index is 15.3. The number of nitrogens with zero attached hydrogens (tertiary/aromatic N) is 1. The van der Waals surface area contributed by atoms with Crippen molar-refractivity contribution in [1.82, 2.24) is 0 Å². The number of ether oxygens (including phenoxy) is 3. The summed E-state index contributed by atoms with van der Waals surface area (Å²) in [5, 5.41) is 11.6. The van der Waals surface area contributed by atoms with E-state index in [-0.39, 0.29) is 24.0 Å². The minimum atomic E-state index is -5.08. The molecular formula is C51H40F3NO8. The van der Waals surface area contributed by atoms with Gasteiger partial charge in [0.1, 0.15) is 23.0 Å². The SMILES string of the molecule is COc1ccc(OC)c(C=Cc2ccc(N3C(=O)C4CC=C5C(CC6C(=O)C(c7ccccc7)=CC(=O)C6(c6ccccc6)C5c5cc(OC(F)(F)F)ccc5O)C4C3=O)cc2)c1. The number of phenolic OH excluding ortho intramolecular Hbond substituents is 1. The van der Waals surface area contributed by atoms with Gasteiger partial charge in [0.05, 0.1) is 37.2 Å². The lowest BCUT2D eigenvalue weighted by molar-refractivity contribution is -0.274. The van der Waals surface area contributed by atoms with Crippen molar-refractivity contribution in [2.24, 2.45) is 23.7 Å². The number of carbonyl (C=O) groups excluding carboxylic acids is 4. The van der Waals surface area contributed by atoms with Crippen molar-refractivity contribution in [2.45, 2.75) is 30.5 Å². The second-order valence-electron chi connectivity index (χ2n) is 16.1. The Labute approximate surface area is 360 Å². The molecule has 6 unspecified atom stereocenters. The number of benzene rings is 5. The molecule has 1 heterocycles. The summed E-state index contributed by atoms with van der Waals surface area (Å²) < 4.78 is 56.3. The van der Waals surface area contributed by atoms with Crippen LogP contribution in [0.15, 0.2) is 139 Å². The number of alkyl halides is 3. The lowest BCUT2D eigenvalue weighted by Crippen LogP contribution is -2.58. The molecule has 0 radical (unpaired) electrons. The molecule has 4 aliphatic rings. The fourth-order valence-corrected chi connectivity index (χ4v) is 10.3. The molecule has 6 atom stereocenters. The van der Waals surface area contributed by atoms with Gasteiger partial charge in [0.25, 0.3) is 0 Å². The summed E-state index contributed by atoms with van der Waals surface area (Å²) in [6.45, 7) is 0. The van der Waals surface area contributed by atoms with E-state index in [0.29, 0.717) is 33.9 Å². The number of phenols is 1. The van der Waals surface area contributed by atoms with Crippen molar-refractivity contribution in [3.05, 3.63) is 167 Å². The Morgan fingerprint density at radius 1 is 0.762 bits per heavy atom. The van der Waals surface area contributed by atoms with Gasteiger partial charge < -0.3 is 19.3 Å². The summed E-state index contributed by atoms with van der Waals surface area (Å²) in [4.78, 5) is 60.9. The van der Waals surface area contributed by atoms with E-state index in [9.17, 15) is 27.9 Å². The summed E-state index contributed by atoms with van der Waals surface area (Å²) in [6.07, 6.45) is 1.75. The van der Waals surface area contributed by atoms with Crippen LogP contribution < -0.4 is 19.1 Å². The Balaban J connectivity index is 1.15. The molecule has 0 spiro atoms. The van der Waals surface area contributed by atoms with Crippen molar-refractivity contribution in [2.75, 3.05) is 19.1 Å². The first-order valence-corrected chi connectivity index (χ1v) is 20.4. The second-order valence-corrected chi connectivity index (χ2v) is 16.1. The third-order valence-corrected chi connectivity index (χ3v) is 13.0. The number of imide groups is 1. The zero-order chi connectivity index (χ0) is 44.2. The lowest BCUT2D eigenvalue weighted by Gasteiger charge is -2.55. The predicted molar refractivity (Wildman–Crippen MR) is 229 cm³/mol. The number of fused-ring (bicyclic) bond motifs is 4. The van der Waals surface area contributed by atoms with Crippen LogP contribution in [0.3, 0.4) is 0 Å². The third kappa shape index (κ3) is 6.99. The van der Waals surface area contributed by atoms with E-state index in [4.69, 9.17) is 9.47 Å². The molecule has 318 valence electrons. The monoisotopic (exact) mass is 851 g/mol. The fraction of sp³-hybridized carbons (Fsp3) is 0.216. The van der Waals surface area contributed by atoms with E-state index >= 15 is 9.59 Å². The number of aromatic hydroxyl groups is 1. The molecule has 2 fully saturated rings. The van der Waals surface area contributed by atoms with Crippen LogP contribution in [0.4, 0.5) is 18.9 Å². The summed E-state index contributed by atoms with van der Waals surface area (Å²) in [6, 6.07) is 32.7. The van der Waals surface area contributed by atoms with Crippen LogP contribution in [-0.4, -0.2) is 49.1 Å². The number of Topliss-reactive ketones (excluding diaryl/α,β-unsaturated/α-hetero) is 1. The highest BCUT2D eigenvalue weighted by Crippen LogP contribution is 2.64. The van der Waals surface area contributed by atoms with E-state index in [0.717, 1.165) is 34.2 Å². The minimum absolute atomic E-state index is 0.0308. The van der Waals surface area contributed by atoms with E-state index < -0.39 is 76.2 Å². The van der Waals surface area contributed by atoms with Crippen LogP contribution >= 0.6 is 0 Å². The first-order valence-electron chi connectivity index (χ1n) is 20.4. The molecule has 9 rings (SSSR count). The van der Waals surface area contributed by atoms with E-state index in [1.165, 1.54) is 6.08 Å². The highest BCUT2D eigenvalue weighted by atomic mass is 19.4. The molecule has 2 amide bonds. The van der Waals surface area contributed by atoms with Crippen molar-refractivity contribution in [3.8, 4) is 23.0 Å². The van der Waals surface area contributed by atoms with Gasteiger partial charge in [-0.2, -0.15) is 0 Å². The Bertz CT molecular complexity index is 2740.